The van der Waals surface area contributed by atoms with Gasteiger partial charge in [0.25, 0.3) is 0 Å². The van der Waals surface area contributed by atoms with Gasteiger partial charge in [0.1, 0.15) is 0 Å². The molecule has 0 spiro atoms. The van der Waals surface area contributed by atoms with Gasteiger partial charge >= 0.3 is 0 Å². The molecule has 104 valence electrons. The molecule has 22 heavy (non-hydrogen) atoms. The van der Waals surface area contributed by atoms with E-state index in [1.165, 1.54) is 18.2 Å². The summed E-state index contributed by atoms with van der Waals surface area (Å²) in [6.07, 6.45) is 4.08. The van der Waals surface area contributed by atoms with Crippen LogP contribution in [0.2, 0.25) is 0 Å². The average molecular weight is 284 g/mol. The molecule has 2 heteroatoms. The van der Waals surface area contributed by atoms with Crippen LogP contribution in [0.1, 0.15) is 5.56 Å². The van der Waals surface area contributed by atoms with Crippen LogP contribution in [0.3, 0.4) is 0 Å². The van der Waals surface area contributed by atoms with Gasteiger partial charge in [0.05, 0.1) is 0 Å². The Morgan fingerprint density at radius 1 is 0.682 bits per heavy atom. The number of benzene rings is 3. The molecule has 0 saturated carbocycles. The zero-order chi connectivity index (χ0) is 15.1. The van der Waals surface area contributed by atoms with Gasteiger partial charge < -0.3 is 0 Å². The van der Waals surface area contributed by atoms with Crippen LogP contribution >= 0.6 is 0 Å². The molecule has 0 atom stereocenters. The smallest absolute Gasteiger partial charge is 0.186 e. The fourth-order valence-corrected chi connectivity index (χ4v) is 2.92. The van der Waals surface area contributed by atoms with Crippen molar-refractivity contribution in [3.05, 3.63) is 78.4 Å². The summed E-state index contributed by atoms with van der Waals surface area (Å²) in [4.78, 5) is 23.8. The highest BCUT2D eigenvalue weighted by Crippen LogP contribution is 2.30. The van der Waals surface area contributed by atoms with Crippen molar-refractivity contribution in [2.75, 3.05) is 0 Å². The molecule has 0 fully saturated rings. The van der Waals surface area contributed by atoms with Crippen LogP contribution in [0.15, 0.2) is 72.8 Å². The topological polar surface area (TPSA) is 34.1 Å². The first-order chi connectivity index (χ1) is 10.7. The highest BCUT2D eigenvalue weighted by Gasteiger charge is 2.17. The van der Waals surface area contributed by atoms with E-state index < -0.39 is 0 Å². The number of rotatable bonds is 1. The SMILES string of the molecule is O=C1C=CC(=O)C(c2cccc3cc4ccccc4cc23)=C1. The van der Waals surface area contributed by atoms with E-state index >= 15 is 0 Å². The molecule has 2 nitrogen and oxygen atoms in total. The summed E-state index contributed by atoms with van der Waals surface area (Å²) < 4.78 is 0. The molecule has 0 saturated heterocycles. The summed E-state index contributed by atoms with van der Waals surface area (Å²) in [5.74, 6) is -0.271. The predicted molar refractivity (Wildman–Crippen MR) is 88.6 cm³/mol. The van der Waals surface area contributed by atoms with E-state index in [0.29, 0.717) is 5.57 Å². The maximum absolute atomic E-state index is 12.1. The molecule has 0 aromatic heterocycles. The van der Waals surface area contributed by atoms with Crippen molar-refractivity contribution in [3.8, 4) is 0 Å². The van der Waals surface area contributed by atoms with E-state index in [4.69, 9.17) is 0 Å². The summed E-state index contributed by atoms with van der Waals surface area (Å²) in [5, 5.41) is 4.33. The van der Waals surface area contributed by atoms with Crippen LogP contribution in [0.5, 0.6) is 0 Å². The van der Waals surface area contributed by atoms with Crippen molar-refractivity contribution in [1.82, 2.24) is 0 Å². The number of carbonyl (C=O) groups is 2. The molecule has 0 unspecified atom stereocenters. The Bertz CT molecular complexity index is 1010. The fourth-order valence-electron chi connectivity index (χ4n) is 2.92. The van der Waals surface area contributed by atoms with Crippen molar-refractivity contribution in [2.24, 2.45) is 0 Å². The molecule has 3 aromatic rings. The monoisotopic (exact) mass is 284 g/mol. The van der Waals surface area contributed by atoms with Crippen LogP contribution in [-0.4, -0.2) is 11.6 Å². The molecule has 4 rings (SSSR count). The zero-order valence-corrected chi connectivity index (χ0v) is 11.7. The maximum atomic E-state index is 12.1. The van der Waals surface area contributed by atoms with E-state index in [9.17, 15) is 9.59 Å². The molecule has 0 aliphatic heterocycles. The zero-order valence-electron chi connectivity index (χ0n) is 11.7. The first-order valence-corrected chi connectivity index (χ1v) is 7.12. The fraction of sp³-hybridized carbons (Fsp3) is 0. The highest BCUT2D eigenvalue weighted by molar-refractivity contribution is 6.35. The number of allylic oxidation sites excluding steroid dienone is 4. The summed E-state index contributed by atoms with van der Waals surface area (Å²) >= 11 is 0. The molecule has 0 N–H and O–H groups in total. The third-order valence-electron chi connectivity index (χ3n) is 3.99. The minimum atomic E-state index is -0.146. The minimum Gasteiger partial charge on any atom is -0.290 e. The number of fused-ring (bicyclic) bond motifs is 2. The van der Waals surface area contributed by atoms with E-state index in [-0.39, 0.29) is 11.6 Å². The summed E-state index contributed by atoms with van der Waals surface area (Å²) in [5.41, 5.74) is 1.28. The normalized spacial score (nSPS) is 14.6. The summed E-state index contributed by atoms with van der Waals surface area (Å²) in [6, 6.07) is 18.2. The average Bonchev–Trinajstić information content (AvgIpc) is 2.55. The molecule has 0 radical (unpaired) electrons. The Kier molecular flexibility index (Phi) is 2.76. The van der Waals surface area contributed by atoms with Crippen LogP contribution < -0.4 is 0 Å². The Hall–Kier alpha value is -3.00. The van der Waals surface area contributed by atoms with Gasteiger partial charge in [-0.05, 0) is 57.5 Å². The lowest BCUT2D eigenvalue weighted by molar-refractivity contribution is -0.113. The summed E-state index contributed by atoms with van der Waals surface area (Å²) in [6.45, 7) is 0. The molecule has 1 aliphatic rings. The number of ketones is 2. The Morgan fingerprint density at radius 3 is 2.23 bits per heavy atom. The van der Waals surface area contributed by atoms with E-state index in [2.05, 4.69) is 18.2 Å². The van der Waals surface area contributed by atoms with Crippen LogP contribution in [0.4, 0.5) is 0 Å². The van der Waals surface area contributed by atoms with Gasteiger partial charge in [-0.2, -0.15) is 0 Å². The van der Waals surface area contributed by atoms with Crippen LogP contribution in [0.25, 0.3) is 27.1 Å². The quantitative estimate of drug-likeness (QED) is 0.498. The maximum Gasteiger partial charge on any atom is 0.186 e. The van der Waals surface area contributed by atoms with Crippen molar-refractivity contribution >= 4 is 38.7 Å². The lowest BCUT2D eigenvalue weighted by Gasteiger charge is -2.11. The van der Waals surface area contributed by atoms with E-state index in [0.717, 1.165) is 27.1 Å². The molecule has 0 bridgehead atoms. The van der Waals surface area contributed by atoms with Gasteiger partial charge in [-0.25, -0.2) is 0 Å². The van der Waals surface area contributed by atoms with Crippen molar-refractivity contribution in [2.45, 2.75) is 0 Å². The molecular weight excluding hydrogens is 272 g/mol. The van der Waals surface area contributed by atoms with Gasteiger partial charge in [-0.3, -0.25) is 9.59 Å². The second kappa shape index (κ2) is 4.78. The van der Waals surface area contributed by atoms with Crippen molar-refractivity contribution < 1.29 is 9.59 Å². The number of hydrogen-bond acceptors (Lipinski definition) is 2. The number of carbonyl (C=O) groups excluding carboxylic acids is 2. The predicted octanol–water partition coefficient (Wildman–Crippen LogP) is 4.08. The lowest BCUT2D eigenvalue weighted by atomic mass is 9.91. The lowest BCUT2D eigenvalue weighted by Crippen LogP contribution is -2.06. The third-order valence-corrected chi connectivity index (χ3v) is 3.99. The van der Waals surface area contributed by atoms with Gasteiger partial charge in [-0.15, -0.1) is 0 Å². The molecule has 0 amide bonds. The van der Waals surface area contributed by atoms with Gasteiger partial charge in [-0.1, -0.05) is 42.5 Å². The summed E-state index contributed by atoms with van der Waals surface area (Å²) in [7, 11) is 0. The first kappa shape index (κ1) is 12.7. The molecule has 0 heterocycles. The standard InChI is InChI=1S/C20H12O2/c21-16-8-9-20(22)19(12-16)17-7-3-6-15-10-13-4-1-2-5-14(13)11-18(15)17/h1-12H. The van der Waals surface area contributed by atoms with E-state index in [1.807, 2.05) is 36.4 Å². The van der Waals surface area contributed by atoms with Gasteiger partial charge in [0.2, 0.25) is 0 Å². The Labute approximate surface area is 127 Å². The Morgan fingerprint density at radius 2 is 1.41 bits per heavy atom. The second-order valence-corrected chi connectivity index (χ2v) is 5.38. The van der Waals surface area contributed by atoms with Crippen molar-refractivity contribution in [1.29, 1.82) is 0 Å². The van der Waals surface area contributed by atoms with Crippen LogP contribution in [0, 0.1) is 0 Å². The largest absolute Gasteiger partial charge is 0.290 e. The number of hydrogen-bond donors (Lipinski definition) is 0. The van der Waals surface area contributed by atoms with Crippen LogP contribution in [-0.2, 0) is 9.59 Å². The third kappa shape index (κ3) is 1.97. The minimum absolute atomic E-state index is 0.125. The van der Waals surface area contributed by atoms with Gasteiger partial charge in [0.15, 0.2) is 11.6 Å². The van der Waals surface area contributed by atoms with Crippen molar-refractivity contribution in [3.63, 3.8) is 0 Å². The highest BCUT2D eigenvalue weighted by atomic mass is 16.1. The molecular formula is C20H12O2. The van der Waals surface area contributed by atoms with E-state index in [1.54, 1.807) is 0 Å². The molecule has 3 aromatic carbocycles. The molecule has 1 aliphatic carbocycles. The van der Waals surface area contributed by atoms with Gasteiger partial charge in [0, 0.05) is 5.57 Å². The Balaban J connectivity index is 2.04. The second-order valence-electron chi connectivity index (χ2n) is 5.38. The first-order valence-electron chi connectivity index (χ1n) is 7.12.